The first kappa shape index (κ1) is 16.5. The van der Waals surface area contributed by atoms with Crippen LogP contribution in [0.5, 0.6) is 5.75 Å². The summed E-state index contributed by atoms with van der Waals surface area (Å²) in [5.74, 6) is 0.342. The predicted molar refractivity (Wildman–Crippen MR) is 92.6 cm³/mol. The molecule has 0 fully saturated rings. The van der Waals surface area contributed by atoms with Gasteiger partial charge < -0.3 is 9.72 Å². The summed E-state index contributed by atoms with van der Waals surface area (Å²) < 4.78 is 33.2. The van der Waals surface area contributed by atoms with E-state index in [0.717, 1.165) is 27.7 Å². The number of hydrogen-bond acceptors (Lipinski definition) is 4. The third-order valence-corrected chi connectivity index (χ3v) is 5.44. The largest absolute Gasteiger partial charge is 0.495 e. The highest BCUT2D eigenvalue weighted by Crippen LogP contribution is 2.27. The zero-order chi connectivity index (χ0) is 17.3. The smallest absolute Gasteiger partial charge is 0.244 e. The number of nitrogens with zero attached hydrogens (tertiary/aromatic N) is 1. The number of aromatic amines is 1. The Balaban J connectivity index is 1.87. The summed E-state index contributed by atoms with van der Waals surface area (Å²) in [7, 11) is -2.21. The first-order valence-corrected chi connectivity index (χ1v) is 8.96. The molecule has 0 aliphatic rings. The fraction of sp³-hybridized carbons (Fsp3) is 0.235. The van der Waals surface area contributed by atoms with E-state index in [9.17, 15) is 8.42 Å². The normalized spacial score (nSPS) is 11.8. The second-order valence-electron chi connectivity index (χ2n) is 5.67. The minimum absolute atomic E-state index is 0.149. The van der Waals surface area contributed by atoms with Crippen molar-refractivity contribution in [2.75, 3.05) is 7.11 Å². The summed E-state index contributed by atoms with van der Waals surface area (Å²) >= 11 is 0. The Morgan fingerprint density at radius 2 is 1.92 bits per heavy atom. The van der Waals surface area contributed by atoms with Crippen molar-refractivity contribution in [1.29, 1.82) is 0 Å². The maximum atomic E-state index is 12.7. The van der Waals surface area contributed by atoms with Crippen molar-refractivity contribution in [2.24, 2.45) is 0 Å². The van der Waals surface area contributed by atoms with Crippen molar-refractivity contribution in [3.05, 3.63) is 53.3 Å². The molecule has 3 rings (SSSR count). The molecule has 7 heteroatoms. The fourth-order valence-corrected chi connectivity index (χ4v) is 3.73. The van der Waals surface area contributed by atoms with E-state index in [1.807, 2.05) is 32.0 Å². The zero-order valence-corrected chi connectivity index (χ0v) is 14.6. The van der Waals surface area contributed by atoms with E-state index in [1.165, 1.54) is 7.11 Å². The summed E-state index contributed by atoms with van der Waals surface area (Å²) in [6, 6.07) is 8.95. The lowest BCUT2D eigenvalue weighted by Crippen LogP contribution is -2.24. The van der Waals surface area contributed by atoms with Crippen LogP contribution in [-0.2, 0) is 16.6 Å². The maximum absolute atomic E-state index is 12.7. The topological polar surface area (TPSA) is 84.1 Å². The van der Waals surface area contributed by atoms with Crippen molar-refractivity contribution in [2.45, 2.75) is 25.3 Å². The van der Waals surface area contributed by atoms with Crippen LogP contribution in [0.3, 0.4) is 0 Å². The predicted octanol–water partition coefficient (Wildman–Crippen LogP) is 2.67. The fourth-order valence-electron chi connectivity index (χ4n) is 2.48. The average Bonchev–Trinajstić information content (AvgIpc) is 3.02. The number of ether oxygens (including phenoxy) is 1. The third kappa shape index (κ3) is 3.13. The molecule has 2 N–H and O–H groups in total. The van der Waals surface area contributed by atoms with Crippen LogP contribution < -0.4 is 9.46 Å². The van der Waals surface area contributed by atoms with E-state index in [0.29, 0.717) is 5.75 Å². The number of rotatable bonds is 5. The number of methoxy groups -OCH3 is 1. The van der Waals surface area contributed by atoms with Crippen LogP contribution in [0, 0.1) is 13.8 Å². The van der Waals surface area contributed by atoms with Crippen molar-refractivity contribution >= 4 is 21.1 Å². The Hall–Kier alpha value is -2.38. The molecular weight excluding hydrogens is 326 g/mol. The number of imidazole rings is 1. The van der Waals surface area contributed by atoms with Gasteiger partial charge in [-0.15, -0.1) is 0 Å². The minimum Gasteiger partial charge on any atom is -0.495 e. The van der Waals surface area contributed by atoms with Crippen molar-refractivity contribution in [1.82, 2.24) is 14.7 Å². The Kier molecular flexibility index (Phi) is 4.29. The Bertz CT molecular complexity index is 993. The lowest BCUT2D eigenvalue weighted by Gasteiger charge is -2.13. The molecule has 0 bridgehead atoms. The molecule has 0 radical (unpaired) electrons. The van der Waals surface area contributed by atoms with Crippen LogP contribution in [0.2, 0.25) is 0 Å². The van der Waals surface area contributed by atoms with Crippen molar-refractivity contribution < 1.29 is 13.2 Å². The molecule has 6 nitrogen and oxygen atoms in total. The van der Waals surface area contributed by atoms with E-state index in [1.54, 1.807) is 18.5 Å². The zero-order valence-electron chi connectivity index (χ0n) is 13.8. The third-order valence-electron chi connectivity index (χ3n) is 4.02. The van der Waals surface area contributed by atoms with Gasteiger partial charge in [0, 0.05) is 6.54 Å². The van der Waals surface area contributed by atoms with Gasteiger partial charge >= 0.3 is 0 Å². The number of sulfonamides is 1. The highest BCUT2D eigenvalue weighted by atomic mass is 32.2. The molecule has 3 aromatic rings. The molecule has 1 aromatic heterocycles. The van der Waals surface area contributed by atoms with Gasteiger partial charge in [0.05, 0.1) is 24.5 Å². The summed E-state index contributed by atoms with van der Waals surface area (Å²) in [4.78, 5) is 7.31. The molecule has 2 aromatic carbocycles. The molecule has 1 heterocycles. The first-order valence-electron chi connectivity index (χ1n) is 7.47. The number of H-pyrrole nitrogens is 1. The second-order valence-corrected chi connectivity index (χ2v) is 7.40. The minimum atomic E-state index is -3.68. The molecule has 0 saturated carbocycles. The van der Waals surface area contributed by atoms with E-state index >= 15 is 0 Å². The summed E-state index contributed by atoms with van der Waals surface area (Å²) in [5.41, 5.74) is 4.44. The van der Waals surface area contributed by atoms with Crippen LogP contribution in [0.15, 0.2) is 41.6 Å². The second kappa shape index (κ2) is 6.26. The molecule has 24 heavy (non-hydrogen) atoms. The van der Waals surface area contributed by atoms with Crippen LogP contribution in [-0.4, -0.2) is 25.5 Å². The van der Waals surface area contributed by atoms with Gasteiger partial charge in [-0.25, -0.2) is 18.1 Å². The quantitative estimate of drug-likeness (QED) is 0.744. The average molecular weight is 345 g/mol. The van der Waals surface area contributed by atoms with Crippen LogP contribution in [0.25, 0.3) is 11.0 Å². The van der Waals surface area contributed by atoms with Gasteiger partial charge in [0.25, 0.3) is 0 Å². The van der Waals surface area contributed by atoms with E-state index in [4.69, 9.17) is 4.74 Å². The molecular formula is C17H19N3O3S. The molecule has 126 valence electrons. The van der Waals surface area contributed by atoms with Crippen LogP contribution in [0.4, 0.5) is 0 Å². The molecule has 0 unspecified atom stereocenters. The van der Waals surface area contributed by atoms with Gasteiger partial charge in [-0.1, -0.05) is 6.07 Å². The Morgan fingerprint density at radius 3 is 2.67 bits per heavy atom. The Morgan fingerprint density at radius 1 is 1.17 bits per heavy atom. The van der Waals surface area contributed by atoms with Gasteiger partial charge in [0.1, 0.15) is 10.6 Å². The number of benzene rings is 2. The molecule has 0 aliphatic carbocycles. The molecule has 0 amide bonds. The SMILES string of the molecule is COc1cc(C)c(C)cc1S(=O)(=O)NCc1ccc2nc[nH]c2c1. The summed E-state index contributed by atoms with van der Waals surface area (Å²) in [5, 5.41) is 0. The highest BCUT2D eigenvalue weighted by Gasteiger charge is 2.20. The van der Waals surface area contributed by atoms with Gasteiger partial charge in [0.2, 0.25) is 10.0 Å². The number of hydrogen-bond donors (Lipinski definition) is 2. The van der Waals surface area contributed by atoms with Gasteiger partial charge in [-0.05, 0) is 54.8 Å². The molecule has 0 spiro atoms. The summed E-state index contributed by atoms with van der Waals surface area (Å²) in [6.07, 6.45) is 1.61. The van der Waals surface area contributed by atoms with Crippen molar-refractivity contribution in [3.8, 4) is 5.75 Å². The van der Waals surface area contributed by atoms with Crippen LogP contribution in [0.1, 0.15) is 16.7 Å². The molecule has 0 atom stereocenters. The highest BCUT2D eigenvalue weighted by molar-refractivity contribution is 7.89. The van der Waals surface area contributed by atoms with Gasteiger partial charge in [-0.3, -0.25) is 0 Å². The number of fused-ring (bicyclic) bond motifs is 1. The van der Waals surface area contributed by atoms with Crippen molar-refractivity contribution in [3.63, 3.8) is 0 Å². The number of nitrogens with one attached hydrogen (secondary N) is 2. The number of aryl methyl sites for hydroxylation is 2. The first-order chi connectivity index (χ1) is 11.4. The lowest BCUT2D eigenvalue weighted by atomic mass is 10.1. The van der Waals surface area contributed by atoms with E-state index in [2.05, 4.69) is 14.7 Å². The van der Waals surface area contributed by atoms with Gasteiger partial charge in [-0.2, -0.15) is 0 Å². The van der Waals surface area contributed by atoms with E-state index in [-0.39, 0.29) is 11.4 Å². The van der Waals surface area contributed by atoms with E-state index < -0.39 is 10.0 Å². The maximum Gasteiger partial charge on any atom is 0.244 e. The lowest BCUT2D eigenvalue weighted by molar-refractivity contribution is 0.402. The molecule has 0 aliphatic heterocycles. The monoisotopic (exact) mass is 345 g/mol. The molecule has 0 saturated heterocycles. The van der Waals surface area contributed by atoms with Gasteiger partial charge in [0.15, 0.2) is 0 Å². The standard InChI is InChI=1S/C17H19N3O3S/c1-11-6-16(23-3)17(7-12(11)2)24(21,22)20-9-13-4-5-14-15(8-13)19-10-18-14/h4-8,10,20H,9H2,1-3H3,(H,18,19). The van der Waals surface area contributed by atoms with Crippen LogP contribution >= 0.6 is 0 Å². The Labute approximate surface area is 140 Å². The number of aromatic nitrogens is 2. The summed E-state index contributed by atoms with van der Waals surface area (Å²) in [6.45, 7) is 3.98.